The van der Waals surface area contributed by atoms with Crippen LogP contribution >= 0.6 is 11.3 Å². The lowest BCUT2D eigenvalue weighted by molar-refractivity contribution is 0.661. The first kappa shape index (κ1) is 33.1. The highest BCUT2D eigenvalue weighted by Crippen LogP contribution is 2.52. The minimum atomic E-state index is -0.0844. The van der Waals surface area contributed by atoms with E-state index in [0.29, 0.717) is 0 Å². The second-order valence-electron chi connectivity index (χ2n) is 15.9. The van der Waals surface area contributed by atoms with Crippen LogP contribution < -0.4 is 10.4 Å². The molecule has 0 nitrogen and oxygen atoms in total. The van der Waals surface area contributed by atoms with Crippen LogP contribution in [0.3, 0.4) is 0 Å². The number of rotatable bonds is 3. The maximum atomic E-state index is 2.49. The van der Waals surface area contributed by atoms with E-state index < -0.39 is 0 Å². The summed E-state index contributed by atoms with van der Waals surface area (Å²) in [6.45, 7) is 9.14. The lowest BCUT2D eigenvalue weighted by Crippen LogP contribution is -2.29. The van der Waals surface area contributed by atoms with Gasteiger partial charge in [-0.2, -0.15) is 0 Å². The maximum Gasteiger partial charge on any atom is 0.0434 e. The fraction of sp³-hybridized carbons (Fsp3) is 0.0909. The van der Waals surface area contributed by atoms with Crippen molar-refractivity contribution in [1.29, 1.82) is 0 Å². The van der Waals surface area contributed by atoms with Gasteiger partial charge in [-0.3, -0.25) is 0 Å². The van der Waals surface area contributed by atoms with E-state index in [9.17, 15) is 0 Å². The fourth-order valence-electron chi connectivity index (χ4n) is 9.83. The molecular weight excluding hydrogens is 693 g/mol. The molecular formula is C55H40S. The molecule has 0 N–H and O–H groups in total. The van der Waals surface area contributed by atoms with Gasteiger partial charge in [0.2, 0.25) is 0 Å². The molecule has 0 amide bonds. The van der Waals surface area contributed by atoms with Crippen molar-refractivity contribution in [3.8, 4) is 44.5 Å². The SMILES string of the molecule is C/C=c1/c(-c2cccc(-c3ccc4c(c3)-c3cc5c(ccc6c7ccccc7sc56)cc3C4(C)C)c2)c2ccccc2c(-c2ccc3ccccc3c2)/c1=C/C. The van der Waals surface area contributed by atoms with Gasteiger partial charge in [-0.05, 0) is 143 Å². The Morgan fingerprint density at radius 1 is 0.411 bits per heavy atom. The van der Waals surface area contributed by atoms with E-state index in [0.717, 1.165) is 0 Å². The molecule has 0 radical (unpaired) electrons. The average molecular weight is 733 g/mol. The van der Waals surface area contributed by atoms with Crippen LogP contribution in [-0.2, 0) is 5.41 Å². The van der Waals surface area contributed by atoms with E-state index in [2.05, 4.69) is 198 Å². The molecule has 0 saturated carbocycles. The standard InChI is InChI=1S/C55H40S/c1-5-40-41(6-2)53(39-23-22-33-14-7-8-15-34(33)28-39)44-20-10-9-19-43(44)52(40)38-17-13-16-35(29-38)36-25-27-49-47(30-36)48-32-46-37(31-50(48)55(49,3)4)24-26-45-42-18-11-12-21-51(42)56-54(45)46/h5-32H,1-4H3/b40-5+,41-6+. The molecule has 10 aromatic rings. The molecule has 1 aliphatic carbocycles. The van der Waals surface area contributed by atoms with Crippen LogP contribution in [0.25, 0.3) is 109 Å². The molecule has 1 aromatic heterocycles. The van der Waals surface area contributed by atoms with Gasteiger partial charge in [-0.1, -0.05) is 147 Å². The van der Waals surface area contributed by atoms with Crippen LogP contribution in [0, 0.1) is 0 Å². The largest absolute Gasteiger partial charge is 0.135 e. The summed E-state index contributed by atoms with van der Waals surface area (Å²) < 4.78 is 2.73. The van der Waals surface area contributed by atoms with E-state index >= 15 is 0 Å². The molecule has 0 unspecified atom stereocenters. The Morgan fingerprint density at radius 2 is 1.02 bits per heavy atom. The number of hydrogen-bond donors (Lipinski definition) is 0. The first-order valence-corrected chi connectivity index (χ1v) is 20.6. The fourth-order valence-corrected chi connectivity index (χ4v) is 11.1. The summed E-state index contributed by atoms with van der Waals surface area (Å²) in [7, 11) is 0. The molecule has 0 bridgehead atoms. The van der Waals surface area contributed by atoms with E-state index in [1.54, 1.807) is 0 Å². The second kappa shape index (κ2) is 12.4. The van der Waals surface area contributed by atoms with Gasteiger partial charge in [0.05, 0.1) is 0 Å². The zero-order valence-corrected chi connectivity index (χ0v) is 32.9. The highest BCUT2D eigenvalue weighted by molar-refractivity contribution is 7.26. The molecule has 1 aliphatic rings. The van der Waals surface area contributed by atoms with Crippen molar-refractivity contribution in [3.05, 3.63) is 179 Å². The summed E-state index contributed by atoms with van der Waals surface area (Å²) in [5.74, 6) is 0. The smallest absolute Gasteiger partial charge is 0.0434 e. The van der Waals surface area contributed by atoms with Crippen molar-refractivity contribution in [3.63, 3.8) is 0 Å². The highest BCUT2D eigenvalue weighted by Gasteiger charge is 2.36. The lowest BCUT2D eigenvalue weighted by atomic mass is 9.81. The van der Waals surface area contributed by atoms with Crippen LogP contribution in [0.1, 0.15) is 38.8 Å². The molecule has 1 heterocycles. The van der Waals surface area contributed by atoms with Gasteiger partial charge in [0, 0.05) is 31.0 Å². The molecule has 266 valence electrons. The Kier molecular flexibility index (Phi) is 7.31. The monoisotopic (exact) mass is 732 g/mol. The zero-order valence-electron chi connectivity index (χ0n) is 32.1. The third kappa shape index (κ3) is 4.77. The number of benzene rings is 9. The molecule has 1 heteroatoms. The summed E-state index contributed by atoms with van der Waals surface area (Å²) in [5.41, 5.74) is 13.0. The van der Waals surface area contributed by atoms with Crippen molar-refractivity contribution in [2.75, 3.05) is 0 Å². The predicted molar refractivity (Wildman–Crippen MR) is 245 cm³/mol. The van der Waals surface area contributed by atoms with Crippen LogP contribution in [0.4, 0.5) is 0 Å². The van der Waals surface area contributed by atoms with Gasteiger partial charge in [0.25, 0.3) is 0 Å². The minimum absolute atomic E-state index is 0.0844. The van der Waals surface area contributed by atoms with Gasteiger partial charge >= 0.3 is 0 Å². The Morgan fingerprint density at radius 3 is 1.79 bits per heavy atom. The van der Waals surface area contributed by atoms with E-state index in [1.165, 1.54) is 119 Å². The molecule has 0 fully saturated rings. The third-order valence-corrected chi connectivity index (χ3v) is 13.8. The maximum absolute atomic E-state index is 2.49. The van der Waals surface area contributed by atoms with Crippen molar-refractivity contribution in [2.24, 2.45) is 0 Å². The van der Waals surface area contributed by atoms with Crippen LogP contribution in [0.15, 0.2) is 158 Å². The topological polar surface area (TPSA) is 0 Å². The first-order valence-electron chi connectivity index (χ1n) is 19.7. The summed E-state index contributed by atoms with van der Waals surface area (Å²) in [6, 6.07) is 59.4. The number of fused-ring (bicyclic) bond motifs is 10. The molecule has 11 rings (SSSR count). The Bertz CT molecular complexity index is 3410. The highest BCUT2D eigenvalue weighted by atomic mass is 32.1. The van der Waals surface area contributed by atoms with E-state index in [4.69, 9.17) is 0 Å². The van der Waals surface area contributed by atoms with Crippen molar-refractivity contribution in [1.82, 2.24) is 0 Å². The summed E-state index contributed by atoms with van der Waals surface area (Å²) in [5, 5.41) is 13.0. The van der Waals surface area contributed by atoms with Crippen LogP contribution in [0.2, 0.25) is 0 Å². The Hall–Kier alpha value is -6.28. The molecule has 0 atom stereocenters. The average Bonchev–Trinajstić information content (AvgIpc) is 3.73. The van der Waals surface area contributed by atoms with Gasteiger partial charge in [0.1, 0.15) is 0 Å². The van der Waals surface area contributed by atoms with Gasteiger partial charge in [-0.25, -0.2) is 0 Å². The molecule has 0 aliphatic heterocycles. The van der Waals surface area contributed by atoms with Crippen molar-refractivity contribution in [2.45, 2.75) is 33.1 Å². The predicted octanol–water partition coefficient (Wildman–Crippen LogP) is 14.4. The Labute approximate surface area is 331 Å². The normalized spacial score (nSPS) is 14.1. The minimum Gasteiger partial charge on any atom is -0.135 e. The first-order chi connectivity index (χ1) is 27.4. The Balaban J connectivity index is 1.09. The zero-order chi connectivity index (χ0) is 37.7. The van der Waals surface area contributed by atoms with Gasteiger partial charge < -0.3 is 0 Å². The third-order valence-electron chi connectivity index (χ3n) is 12.5. The second-order valence-corrected chi connectivity index (χ2v) is 16.9. The number of thiophene rings is 1. The molecule has 9 aromatic carbocycles. The van der Waals surface area contributed by atoms with Crippen LogP contribution in [-0.4, -0.2) is 0 Å². The van der Waals surface area contributed by atoms with Crippen LogP contribution in [0.5, 0.6) is 0 Å². The lowest BCUT2D eigenvalue weighted by Gasteiger charge is -2.22. The van der Waals surface area contributed by atoms with E-state index in [1.807, 2.05) is 11.3 Å². The van der Waals surface area contributed by atoms with Gasteiger partial charge in [-0.15, -0.1) is 11.3 Å². The summed E-state index contributed by atoms with van der Waals surface area (Å²) >= 11 is 1.92. The molecule has 56 heavy (non-hydrogen) atoms. The summed E-state index contributed by atoms with van der Waals surface area (Å²) in [4.78, 5) is 0. The molecule has 0 saturated heterocycles. The van der Waals surface area contributed by atoms with Crippen molar-refractivity contribution >= 4 is 76.0 Å². The van der Waals surface area contributed by atoms with E-state index in [-0.39, 0.29) is 5.41 Å². The number of hydrogen-bond acceptors (Lipinski definition) is 1. The summed E-state index contributed by atoms with van der Waals surface area (Å²) in [6.07, 6.45) is 4.61. The molecule has 0 spiro atoms. The van der Waals surface area contributed by atoms with Crippen molar-refractivity contribution < 1.29 is 0 Å². The quantitative estimate of drug-likeness (QED) is 0.170. The van der Waals surface area contributed by atoms with Gasteiger partial charge in [0.15, 0.2) is 0 Å².